The fourth-order valence-electron chi connectivity index (χ4n) is 4.24. The van der Waals surface area contributed by atoms with E-state index >= 15 is 0 Å². The van der Waals surface area contributed by atoms with Crippen molar-refractivity contribution in [3.63, 3.8) is 0 Å². The van der Waals surface area contributed by atoms with Gasteiger partial charge in [-0.15, -0.1) is 0 Å². The molecule has 2 heteroatoms. The van der Waals surface area contributed by atoms with Gasteiger partial charge in [0.1, 0.15) is 0 Å². The lowest BCUT2D eigenvalue weighted by Crippen LogP contribution is -2.60. The maximum atomic E-state index is 6.23. The second-order valence-corrected chi connectivity index (χ2v) is 5.43. The molecule has 0 aromatic rings. The summed E-state index contributed by atoms with van der Waals surface area (Å²) in [7, 11) is 1.89. The summed E-state index contributed by atoms with van der Waals surface area (Å²) < 4.78 is 5.74. The SMILES string of the molecule is COC12CC3C[C@@H](C1)C(N)[C@@H](C3)C2. The zero-order valence-electron chi connectivity index (χ0n) is 8.33. The van der Waals surface area contributed by atoms with Crippen LogP contribution in [-0.4, -0.2) is 18.8 Å². The molecule has 74 valence electrons. The molecule has 4 saturated carbocycles. The fourth-order valence-corrected chi connectivity index (χ4v) is 4.24. The number of ether oxygens (including phenoxy) is 1. The predicted octanol–water partition coefficient (Wildman–Crippen LogP) is 1.54. The van der Waals surface area contributed by atoms with Gasteiger partial charge in [0.15, 0.2) is 0 Å². The Morgan fingerprint density at radius 2 is 1.77 bits per heavy atom. The minimum Gasteiger partial charge on any atom is -0.378 e. The summed E-state index contributed by atoms with van der Waals surface area (Å²) in [6.07, 6.45) is 6.53. The van der Waals surface area contributed by atoms with E-state index in [1.54, 1.807) is 0 Å². The van der Waals surface area contributed by atoms with Gasteiger partial charge in [-0.3, -0.25) is 0 Å². The first-order valence-electron chi connectivity index (χ1n) is 5.53. The molecule has 0 spiro atoms. The van der Waals surface area contributed by atoms with Crippen LogP contribution in [-0.2, 0) is 4.74 Å². The Balaban J connectivity index is 1.92. The van der Waals surface area contributed by atoms with Gasteiger partial charge >= 0.3 is 0 Å². The molecular weight excluding hydrogens is 162 g/mol. The maximum absolute atomic E-state index is 6.23. The van der Waals surface area contributed by atoms with Crippen LogP contribution in [0.4, 0.5) is 0 Å². The first-order chi connectivity index (χ1) is 6.22. The van der Waals surface area contributed by atoms with Crippen LogP contribution in [0.25, 0.3) is 0 Å². The lowest BCUT2D eigenvalue weighted by molar-refractivity contribution is -0.152. The Bertz CT molecular complexity index is 212. The monoisotopic (exact) mass is 181 g/mol. The van der Waals surface area contributed by atoms with E-state index in [4.69, 9.17) is 10.5 Å². The van der Waals surface area contributed by atoms with Gasteiger partial charge in [0, 0.05) is 13.2 Å². The van der Waals surface area contributed by atoms with Gasteiger partial charge in [-0.05, 0) is 49.9 Å². The molecule has 4 fully saturated rings. The van der Waals surface area contributed by atoms with Crippen molar-refractivity contribution < 1.29 is 4.74 Å². The lowest BCUT2D eigenvalue weighted by atomic mass is 9.52. The van der Waals surface area contributed by atoms with Gasteiger partial charge in [0.05, 0.1) is 5.60 Å². The highest BCUT2D eigenvalue weighted by molar-refractivity contribution is 5.07. The molecule has 0 heterocycles. The van der Waals surface area contributed by atoms with Crippen LogP contribution in [0, 0.1) is 17.8 Å². The molecule has 4 aliphatic rings. The number of hydrogen-bond acceptors (Lipinski definition) is 2. The number of nitrogens with two attached hydrogens (primary N) is 1. The number of hydrogen-bond donors (Lipinski definition) is 1. The number of rotatable bonds is 1. The third-order valence-electron chi connectivity index (χ3n) is 4.72. The van der Waals surface area contributed by atoms with Gasteiger partial charge in [-0.1, -0.05) is 0 Å². The second kappa shape index (κ2) is 2.48. The summed E-state index contributed by atoms with van der Waals surface area (Å²) in [6.45, 7) is 0. The first kappa shape index (κ1) is 8.25. The molecule has 0 aromatic heterocycles. The Kier molecular flexibility index (Phi) is 1.58. The molecule has 0 radical (unpaired) electrons. The molecule has 0 aromatic carbocycles. The number of methoxy groups -OCH3 is 1. The summed E-state index contributed by atoms with van der Waals surface area (Å²) >= 11 is 0. The van der Waals surface area contributed by atoms with Crippen molar-refractivity contribution in [1.29, 1.82) is 0 Å². The van der Waals surface area contributed by atoms with Crippen LogP contribution in [0.1, 0.15) is 32.1 Å². The standard InChI is InChI=1S/C11H19NO/c1-13-11-4-7-2-8(5-11)10(12)9(3-7)6-11/h7-10H,2-6,12H2,1H3/t7?,8-,9-,10?,11?/m0/s1. The molecule has 0 amide bonds. The molecule has 0 aliphatic heterocycles. The van der Waals surface area contributed by atoms with E-state index in [2.05, 4.69) is 0 Å². The predicted molar refractivity (Wildman–Crippen MR) is 51.3 cm³/mol. The van der Waals surface area contributed by atoms with Gasteiger partial charge < -0.3 is 10.5 Å². The highest BCUT2D eigenvalue weighted by Gasteiger charge is 2.54. The minimum absolute atomic E-state index is 0.242. The average molecular weight is 181 g/mol. The molecular formula is C11H19NO. The van der Waals surface area contributed by atoms with Crippen molar-refractivity contribution in [2.24, 2.45) is 23.5 Å². The topological polar surface area (TPSA) is 35.2 Å². The van der Waals surface area contributed by atoms with Gasteiger partial charge in [-0.25, -0.2) is 0 Å². The van der Waals surface area contributed by atoms with Crippen molar-refractivity contribution in [2.45, 2.75) is 43.7 Å². The zero-order chi connectivity index (χ0) is 9.05. The van der Waals surface area contributed by atoms with Crippen molar-refractivity contribution in [1.82, 2.24) is 0 Å². The van der Waals surface area contributed by atoms with E-state index in [0.29, 0.717) is 6.04 Å². The van der Waals surface area contributed by atoms with E-state index in [9.17, 15) is 0 Å². The lowest BCUT2D eigenvalue weighted by Gasteiger charge is -2.58. The Morgan fingerprint density at radius 1 is 1.15 bits per heavy atom. The highest BCUT2D eigenvalue weighted by atomic mass is 16.5. The molecule has 4 rings (SSSR count). The van der Waals surface area contributed by atoms with E-state index in [-0.39, 0.29) is 5.60 Å². The van der Waals surface area contributed by atoms with Gasteiger partial charge in [0.25, 0.3) is 0 Å². The van der Waals surface area contributed by atoms with Crippen molar-refractivity contribution >= 4 is 0 Å². The molecule has 4 bridgehead atoms. The van der Waals surface area contributed by atoms with E-state index in [0.717, 1.165) is 17.8 Å². The fraction of sp³-hybridized carbons (Fsp3) is 1.00. The highest BCUT2D eigenvalue weighted by Crippen LogP contribution is 2.56. The van der Waals surface area contributed by atoms with E-state index in [1.807, 2.05) is 7.11 Å². The third kappa shape index (κ3) is 1.02. The molecule has 13 heavy (non-hydrogen) atoms. The quantitative estimate of drug-likeness (QED) is 0.666. The Labute approximate surface area is 79.8 Å². The van der Waals surface area contributed by atoms with Gasteiger partial charge in [0.2, 0.25) is 0 Å². The molecule has 0 saturated heterocycles. The largest absolute Gasteiger partial charge is 0.378 e. The van der Waals surface area contributed by atoms with Crippen LogP contribution in [0.5, 0.6) is 0 Å². The maximum Gasteiger partial charge on any atom is 0.0687 e. The molecule has 2 nitrogen and oxygen atoms in total. The van der Waals surface area contributed by atoms with Crippen molar-refractivity contribution in [3.05, 3.63) is 0 Å². The van der Waals surface area contributed by atoms with Crippen molar-refractivity contribution in [3.8, 4) is 0 Å². The van der Waals surface area contributed by atoms with Crippen molar-refractivity contribution in [2.75, 3.05) is 7.11 Å². The first-order valence-corrected chi connectivity index (χ1v) is 5.53. The molecule has 0 unspecified atom stereocenters. The average Bonchev–Trinajstić information content (AvgIpc) is 2.13. The van der Waals surface area contributed by atoms with Crippen LogP contribution in [0.2, 0.25) is 0 Å². The smallest absolute Gasteiger partial charge is 0.0687 e. The third-order valence-corrected chi connectivity index (χ3v) is 4.72. The van der Waals surface area contributed by atoms with Crippen LogP contribution >= 0.6 is 0 Å². The summed E-state index contributed by atoms with van der Waals surface area (Å²) in [5, 5.41) is 0. The van der Waals surface area contributed by atoms with E-state index < -0.39 is 0 Å². The molecule has 2 atom stereocenters. The Hall–Kier alpha value is -0.0800. The summed E-state index contributed by atoms with van der Waals surface area (Å²) in [4.78, 5) is 0. The van der Waals surface area contributed by atoms with Crippen LogP contribution in [0.3, 0.4) is 0 Å². The molecule has 2 N–H and O–H groups in total. The summed E-state index contributed by atoms with van der Waals surface area (Å²) in [5.41, 5.74) is 6.47. The minimum atomic E-state index is 0.242. The summed E-state index contributed by atoms with van der Waals surface area (Å²) in [6, 6.07) is 0.486. The van der Waals surface area contributed by atoms with Crippen LogP contribution < -0.4 is 5.73 Å². The molecule has 4 aliphatic carbocycles. The Morgan fingerprint density at radius 3 is 2.31 bits per heavy atom. The van der Waals surface area contributed by atoms with Crippen LogP contribution in [0.15, 0.2) is 0 Å². The zero-order valence-corrected chi connectivity index (χ0v) is 8.33. The second-order valence-electron chi connectivity index (χ2n) is 5.43. The normalized spacial score (nSPS) is 58.6. The van der Waals surface area contributed by atoms with Gasteiger partial charge in [-0.2, -0.15) is 0 Å². The van der Waals surface area contributed by atoms with E-state index in [1.165, 1.54) is 32.1 Å². The summed E-state index contributed by atoms with van der Waals surface area (Å²) in [5.74, 6) is 2.47.